The first-order valence-corrected chi connectivity index (χ1v) is 6.78. The van der Waals surface area contributed by atoms with Gasteiger partial charge < -0.3 is 10.5 Å². The molecule has 96 valence electrons. The van der Waals surface area contributed by atoms with E-state index in [9.17, 15) is 0 Å². The van der Waals surface area contributed by atoms with Crippen LogP contribution in [-0.4, -0.2) is 25.2 Å². The van der Waals surface area contributed by atoms with E-state index in [4.69, 9.17) is 10.5 Å². The van der Waals surface area contributed by atoms with Gasteiger partial charge >= 0.3 is 0 Å². The Kier molecular flexibility index (Phi) is 4.23. The van der Waals surface area contributed by atoms with Crippen LogP contribution in [0, 0.1) is 10.5 Å². The topological polar surface area (TPSA) is 51.4 Å². The Labute approximate surface area is 121 Å². The summed E-state index contributed by atoms with van der Waals surface area (Å²) in [5.74, 6) is 1.68. The van der Waals surface area contributed by atoms with Gasteiger partial charge in [-0.05, 0) is 53.3 Å². The van der Waals surface area contributed by atoms with Gasteiger partial charge in [-0.2, -0.15) is 0 Å². The summed E-state index contributed by atoms with van der Waals surface area (Å²) in [4.78, 5) is 6.63. The molecule has 4 nitrogen and oxygen atoms in total. The Morgan fingerprint density at radius 1 is 1.44 bits per heavy atom. The number of allylic oxidation sites excluding steroid dienone is 2. The minimum Gasteiger partial charge on any atom is -0.482 e. The van der Waals surface area contributed by atoms with Gasteiger partial charge in [-0.15, -0.1) is 0 Å². The Hall–Kier alpha value is -1.08. The Morgan fingerprint density at radius 3 is 2.83 bits per heavy atom. The van der Waals surface area contributed by atoms with Crippen LogP contribution < -0.4 is 10.6 Å². The molecule has 2 heterocycles. The lowest BCUT2D eigenvalue weighted by Gasteiger charge is -2.28. The summed E-state index contributed by atoms with van der Waals surface area (Å²) in [6, 6.07) is 4.06. The molecule has 2 N–H and O–H groups in total. The molecular formula is C13H16IN3O. The van der Waals surface area contributed by atoms with E-state index in [0.717, 1.165) is 33.1 Å². The maximum atomic E-state index is 5.70. The van der Waals surface area contributed by atoms with Gasteiger partial charge in [0.25, 0.3) is 0 Å². The van der Waals surface area contributed by atoms with Gasteiger partial charge in [-0.3, -0.25) is 4.90 Å². The highest BCUT2D eigenvalue weighted by molar-refractivity contribution is 14.1. The zero-order valence-corrected chi connectivity index (χ0v) is 12.6. The fourth-order valence-corrected chi connectivity index (χ4v) is 2.10. The molecule has 0 fully saturated rings. The predicted octanol–water partition coefficient (Wildman–Crippen LogP) is 2.19. The summed E-state index contributed by atoms with van der Waals surface area (Å²) >= 11 is 2.28. The van der Waals surface area contributed by atoms with Crippen LogP contribution in [0.5, 0.6) is 0 Å². The molecule has 0 atom stereocenters. The number of methoxy groups -OCH3 is 1. The minimum absolute atomic E-state index is 0.549. The van der Waals surface area contributed by atoms with Gasteiger partial charge in [0.1, 0.15) is 5.82 Å². The maximum absolute atomic E-state index is 5.70. The summed E-state index contributed by atoms with van der Waals surface area (Å²) in [6.45, 7) is 3.28. The molecule has 1 aliphatic rings. The van der Waals surface area contributed by atoms with Crippen molar-refractivity contribution >= 4 is 28.4 Å². The average Bonchev–Trinajstić information content (AvgIpc) is 2.41. The van der Waals surface area contributed by atoms with E-state index in [1.807, 2.05) is 30.0 Å². The average molecular weight is 357 g/mol. The van der Waals surface area contributed by atoms with Crippen LogP contribution >= 0.6 is 22.6 Å². The second kappa shape index (κ2) is 5.71. The second-order valence-corrected chi connectivity index (χ2v) is 5.22. The predicted molar refractivity (Wildman–Crippen MR) is 81.3 cm³/mol. The molecule has 1 aliphatic heterocycles. The summed E-state index contributed by atoms with van der Waals surface area (Å²) in [5.41, 5.74) is 7.88. The van der Waals surface area contributed by atoms with Crippen molar-refractivity contribution < 1.29 is 4.74 Å². The fourth-order valence-electron chi connectivity index (χ4n) is 1.80. The number of pyridine rings is 1. The van der Waals surface area contributed by atoms with E-state index in [1.54, 1.807) is 7.11 Å². The van der Waals surface area contributed by atoms with Gasteiger partial charge in [0.2, 0.25) is 0 Å². The smallest absolute Gasteiger partial charge is 0.194 e. The van der Waals surface area contributed by atoms with E-state index in [0.29, 0.717) is 6.54 Å². The van der Waals surface area contributed by atoms with Crippen LogP contribution in [0.3, 0.4) is 0 Å². The van der Waals surface area contributed by atoms with Gasteiger partial charge in [0, 0.05) is 16.7 Å². The molecular weight excluding hydrogens is 341 g/mol. The molecule has 0 saturated carbocycles. The highest BCUT2D eigenvalue weighted by Crippen LogP contribution is 2.24. The van der Waals surface area contributed by atoms with E-state index in [1.165, 1.54) is 0 Å². The highest BCUT2D eigenvalue weighted by Gasteiger charge is 2.18. The highest BCUT2D eigenvalue weighted by atomic mass is 127. The first kappa shape index (κ1) is 13.4. The molecule has 0 aromatic carbocycles. The summed E-state index contributed by atoms with van der Waals surface area (Å²) in [5, 5.41) is 0. The van der Waals surface area contributed by atoms with E-state index in [2.05, 4.69) is 33.6 Å². The van der Waals surface area contributed by atoms with Crippen molar-refractivity contribution in [1.82, 2.24) is 4.98 Å². The molecule has 0 unspecified atom stereocenters. The molecule has 0 saturated heterocycles. The normalized spacial score (nSPS) is 15.2. The molecule has 18 heavy (non-hydrogen) atoms. The summed E-state index contributed by atoms with van der Waals surface area (Å²) < 4.78 is 6.54. The summed E-state index contributed by atoms with van der Waals surface area (Å²) in [6.07, 6.45) is 3.94. The minimum atomic E-state index is 0.549. The van der Waals surface area contributed by atoms with Gasteiger partial charge in [0.15, 0.2) is 5.88 Å². The number of ether oxygens (including phenoxy) is 1. The lowest BCUT2D eigenvalue weighted by molar-refractivity contribution is 0.278. The molecule has 0 bridgehead atoms. The third-order valence-corrected chi connectivity index (χ3v) is 3.98. The Morgan fingerprint density at radius 2 is 2.22 bits per heavy atom. The van der Waals surface area contributed by atoms with E-state index >= 15 is 0 Å². The fraction of sp³-hybridized carbons (Fsp3) is 0.308. The van der Waals surface area contributed by atoms with Crippen molar-refractivity contribution in [3.63, 3.8) is 0 Å². The molecule has 0 spiro atoms. The number of halogens is 1. The van der Waals surface area contributed by atoms with Gasteiger partial charge in [-0.25, -0.2) is 4.98 Å². The number of hydrogen-bond donors (Lipinski definition) is 1. The third-order valence-electron chi connectivity index (χ3n) is 2.84. The van der Waals surface area contributed by atoms with Gasteiger partial charge in [0.05, 0.1) is 12.8 Å². The van der Waals surface area contributed by atoms with Crippen LogP contribution in [0.1, 0.15) is 5.69 Å². The van der Waals surface area contributed by atoms with Crippen molar-refractivity contribution in [2.45, 2.75) is 6.92 Å². The molecule has 0 aliphatic carbocycles. The van der Waals surface area contributed by atoms with Crippen LogP contribution in [-0.2, 0) is 4.74 Å². The van der Waals surface area contributed by atoms with E-state index < -0.39 is 0 Å². The second-order valence-electron chi connectivity index (χ2n) is 4.06. The Balaban J connectivity index is 2.34. The number of hydrogen-bond acceptors (Lipinski definition) is 4. The lowest BCUT2D eigenvalue weighted by Crippen LogP contribution is -2.31. The van der Waals surface area contributed by atoms with Crippen molar-refractivity contribution in [1.29, 1.82) is 0 Å². The molecule has 5 heteroatoms. The number of anilines is 1. The zero-order valence-electron chi connectivity index (χ0n) is 10.5. The molecule has 0 radical (unpaired) electrons. The van der Waals surface area contributed by atoms with E-state index in [-0.39, 0.29) is 0 Å². The third kappa shape index (κ3) is 2.67. The lowest BCUT2D eigenvalue weighted by atomic mass is 10.1. The Bertz CT molecular complexity index is 511. The SMILES string of the molecule is COC1=CC=C(CN)CN1c1ccc(I)c(C)n1. The summed E-state index contributed by atoms with van der Waals surface area (Å²) in [7, 11) is 1.67. The number of nitrogens with two attached hydrogens (primary N) is 1. The monoisotopic (exact) mass is 357 g/mol. The first-order valence-electron chi connectivity index (χ1n) is 5.70. The molecule has 1 aromatic rings. The molecule has 2 rings (SSSR count). The molecule has 0 amide bonds. The first-order chi connectivity index (χ1) is 8.65. The van der Waals surface area contributed by atoms with Crippen molar-refractivity contribution in [3.8, 4) is 0 Å². The number of aromatic nitrogens is 1. The number of nitrogens with zero attached hydrogens (tertiary/aromatic N) is 2. The van der Waals surface area contributed by atoms with Crippen molar-refractivity contribution in [2.75, 3.05) is 25.1 Å². The van der Waals surface area contributed by atoms with Crippen LogP contribution in [0.4, 0.5) is 5.82 Å². The number of aryl methyl sites for hydroxylation is 1. The number of rotatable bonds is 3. The van der Waals surface area contributed by atoms with Gasteiger partial charge in [-0.1, -0.05) is 6.08 Å². The van der Waals surface area contributed by atoms with Crippen LogP contribution in [0.25, 0.3) is 0 Å². The quantitative estimate of drug-likeness (QED) is 0.843. The van der Waals surface area contributed by atoms with Crippen molar-refractivity contribution in [3.05, 3.63) is 45.0 Å². The van der Waals surface area contributed by atoms with Crippen molar-refractivity contribution in [2.24, 2.45) is 5.73 Å². The standard InChI is InChI=1S/C13H16IN3O/c1-9-11(14)4-5-12(16-9)17-8-10(7-15)3-6-13(17)18-2/h3-6H,7-8,15H2,1-2H3. The largest absolute Gasteiger partial charge is 0.482 e. The molecule has 1 aromatic heterocycles. The van der Waals surface area contributed by atoms with Crippen LogP contribution in [0.15, 0.2) is 35.7 Å². The van der Waals surface area contributed by atoms with Crippen LogP contribution in [0.2, 0.25) is 0 Å². The zero-order chi connectivity index (χ0) is 13.1. The maximum Gasteiger partial charge on any atom is 0.194 e.